The van der Waals surface area contributed by atoms with E-state index in [0.29, 0.717) is 32.7 Å². The summed E-state index contributed by atoms with van der Waals surface area (Å²) in [7, 11) is -3.44. The fourth-order valence-corrected chi connectivity index (χ4v) is 4.43. The second-order valence-electron chi connectivity index (χ2n) is 7.40. The largest absolute Gasteiger partial charge is 0.353 e. The average Bonchev–Trinajstić information content (AvgIpc) is 2.68. The molecule has 2 rings (SSSR count). The van der Waals surface area contributed by atoms with Crippen molar-refractivity contribution < 1.29 is 13.2 Å². The Morgan fingerprint density at radius 3 is 2.46 bits per heavy atom. The van der Waals surface area contributed by atoms with E-state index in [1.807, 2.05) is 42.2 Å². The van der Waals surface area contributed by atoms with E-state index in [1.165, 1.54) is 22.6 Å². The minimum atomic E-state index is -3.44. The Hall–Kier alpha value is -1.70. The quantitative estimate of drug-likeness (QED) is 0.606. The normalized spacial score (nSPS) is 17.6. The summed E-state index contributed by atoms with van der Waals surface area (Å²) in [6.07, 6.45) is 6.11. The van der Waals surface area contributed by atoms with E-state index in [9.17, 15) is 13.2 Å². The maximum absolute atomic E-state index is 12.5. The van der Waals surface area contributed by atoms with E-state index in [0.717, 1.165) is 18.4 Å². The first-order valence-corrected chi connectivity index (χ1v) is 11.7. The highest BCUT2D eigenvalue weighted by molar-refractivity contribution is 7.92. The molecule has 1 fully saturated rings. The lowest BCUT2D eigenvalue weighted by atomic mass is 10.1. The molecular weight excluding hydrogens is 374 g/mol. The lowest BCUT2D eigenvalue weighted by Crippen LogP contribution is -2.51. The van der Waals surface area contributed by atoms with Crippen LogP contribution in [0.25, 0.3) is 6.08 Å². The summed E-state index contributed by atoms with van der Waals surface area (Å²) in [5, 5.41) is 4.31. The molecule has 1 saturated heterocycles. The zero-order valence-electron chi connectivity index (χ0n) is 17.0. The number of rotatable bonds is 10. The highest BCUT2D eigenvalue weighted by Crippen LogP contribution is 2.11. The first-order valence-electron chi connectivity index (χ1n) is 10.2. The Morgan fingerprint density at radius 2 is 1.82 bits per heavy atom. The van der Waals surface area contributed by atoms with Gasteiger partial charge in [-0.1, -0.05) is 56.5 Å². The van der Waals surface area contributed by atoms with E-state index in [-0.39, 0.29) is 11.9 Å². The van der Waals surface area contributed by atoms with Crippen LogP contribution in [0.2, 0.25) is 0 Å². The van der Waals surface area contributed by atoms with Crippen molar-refractivity contribution >= 4 is 22.0 Å². The number of hydrogen-bond acceptors (Lipinski definition) is 4. The van der Waals surface area contributed by atoms with Crippen LogP contribution in [0.5, 0.6) is 0 Å². The number of sulfonamides is 1. The van der Waals surface area contributed by atoms with Crippen LogP contribution in [-0.2, 0) is 14.8 Å². The molecule has 0 spiro atoms. The number of carbonyl (C=O) groups excluding carboxylic acids is 1. The maximum Gasteiger partial charge on any atom is 0.236 e. The predicted molar refractivity (Wildman–Crippen MR) is 114 cm³/mol. The topological polar surface area (TPSA) is 69.7 Å². The van der Waals surface area contributed by atoms with Crippen LogP contribution < -0.4 is 5.32 Å². The third-order valence-corrected chi connectivity index (χ3v) is 6.50. The lowest BCUT2D eigenvalue weighted by molar-refractivity contribution is -0.123. The summed E-state index contributed by atoms with van der Waals surface area (Å²) in [6.45, 7) is 6.47. The minimum absolute atomic E-state index is 0.0179. The summed E-state index contributed by atoms with van der Waals surface area (Å²) in [6, 6.07) is 9.57. The van der Waals surface area contributed by atoms with Gasteiger partial charge in [-0.05, 0) is 25.0 Å². The molecule has 156 valence electrons. The molecule has 1 heterocycles. The van der Waals surface area contributed by atoms with Crippen LogP contribution in [-0.4, -0.2) is 62.3 Å². The van der Waals surface area contributed by atoms with Crippen LogP contribution in [0.4, 0.5) is 0 Å². The number of hydrogen-bond donors (Lipinski definition) is 1. The summed E-state index contributed by atoms with van der Waals surface area (Å²) in [4.78, 5) is 14.2. The molecule has 1 atom stereocenters. The van der Waals surface area contributed by atoms with Crippen molar-refractivity contribution in [2.45, 2.75) is 45.6 Å². The average molecular weight is 408 g/mol. The van der Waals surface area contributed by atoms with Crippen LogP contribution in [0, 0.1) is 0 Å². The highest BCUT2D eigenvalue weighted by atomic mass is 32.2. The number of piperazine rings is 1. The van der Waals surface area contributed by atoms with Gasteiger partial charge in [0, 0.05) is 37.6 Å². The summed E-state index contributed by atoms with van der Waals surface area (Å²) >= 11 is 0. The van der Waals surface area contributed by atoms with Crippen molar-refractivity contribution in [2.75, 3.05) is 32.7 Å². The molecule has 1 N–H and O–H groups in total. The van der Waals surface area contributed by atoms with E-state index in [4.69, 9.17) is 0 Å². The number of amides is 1. The minimum Gasteiger partial charge on any atom is -0.353 e. The molecule has 0 aromatic heterocycles. The summed E-state index contributed by atoms with van der Waals surface area (Å²) in [5.41, 5.74) is 0.856. The molecule has 0 unspecified atom stereocenters. The molecule has 1 aromatic carbocycles. The van der Waals surface area contributed by atoms with Crippen molar-refractivity contribution in [1.82, 2.24) is 14.5 Å². The van der Waals surface area contributed by atoms with Gasteiger partial charge in [0.2, 0.25) is 15.9 Å². The number of unbranched alkanes of at least 4 members (excludes halogenated alkanes) is 2. The number of nitrogens with one attached hydrogen (secondary N) is 1. The van der Waals surface area contributed by atoms with Crippen LogP contribution >= 0.6 is 0 Å². The standard InChI is InChI=1S/C21H33N3O3S/c1-3-4-6-9-19(2)22-21(25)18-23-13-15-24(16-14-23)28(26,27)17-12-20-10-7-5-8-11-20/h5,7-8,10-12,17,19H,3-4,6,9,13-16,18H2,1-2H3,(H,22,25)/b17-12+/t19-/m0/s1. The first kappa shape index (κ1) is 22.6. The van der Waals surface area contributed by atoms with Crippen molar-refractivity contribution in [3.8, 4) is 0 Å². The van der Waals surface area contributed by atoms with Gasteiger partial charge in [-0.3, -0.25) is 9.69 Å². The van der Waals surface area contributed by atoms with Crippen LogP contribution in [0.3, 0.4) is 0 Å². The Kier molecular flexibility index (Phi) is 9.15. The van der Waals surface area contributed by atoms with Crippen molar-refractivity contribution in [3.63, 3.8) is 0 Å². The molecule has 0 saturated carbocycles. The highest BCUT2D eigenvalue weighted by Gasteiger charge is 2.26. The van der Waals surface area contributed by atoms with Gasteiger partial charge < -0.3 is 5.32 Å². The van der Waals surface area contributed by atoms with Gasteiger partial charge in [0.05, 0.1) is 6.54 Å². The van der Waals surface area contributed by atoms with E-state index in [1.54, 1.807) is 6.08 Å². The molecule has 28 heavy (non-hydrogen) atoms. The second kappa shape index (κ2) is 11.3. The molecule has 0 bridgehead atoms. The fourth-order valence-electron chi connectivity index (χ4n) is 3.25. The first-order chi connectivity index (χ1) is 13.4. The van der Waals surface area contributed by atoms with Gasteiger partial charge in [0.25, 0.3) is 0 Å². The second-order valence-corrected chi connectivity index (χ2v) is 9.22. The smallest absolute Gasteiger partial charge is 0.236 e. The van der Waals surface area contributed by atoms with Gasteiger partial charge in [-0.2, -0.15) is 4.31 Å². The molecule has 6 nitrogen and oxygen atoms in total. The number of benzene rings is 1. The van der Waals surface area contributed by atoms with Gasteiger partial charge in [0.1, 0.15) is 0 Å². The monoisotopic (exact) mass is 407 g/mol. The molecule has 1 aliphatic rings. The molecule has 1 aromatic rings. The van der Waals surface area contributed by atoms with Crippen molar-refractivity contribution in [1.29, 1.82) is 0 Å². The molecule has 1 amide bonds. The Morgan fingerprint density at radius 1 is 1.14 bits per heavy atom. The van der Waals surface area contributed by atoms with Gasteiger partial charge in [-0.25, -0.2) is 8.42 Å². The molecule has 7 heteroatoms. The van der Waals surface area contributed by atoms with Crippen LogP contribution in [0.1, 0.15) is 45.1 Å². The maximum atomic E-state index is 12.5. The molecule has 1 aliphatic heterocycles. The number of carbonyl (C=O) groups is 1. The van der Waals surface area contributed by atoms with E-state index in [2.05, 4.69) is 12.2 Å². The van der Waals surface area contributed by atoms with Crippen molar-refractivity contribution in [3.05, 3.63) is 41.3 Å². The Balaban J connectivity index is 1.75. The van der Waals surface area contributed by atoms with Gasteiger partial charge >= 0.3 is 0 Å². The molecule has 0 aliphatic carbocycles. The zero-order chi connectivity index (χ0) is 20.4. The number of nitrogens with zero attached hydrogens (tertiary/aromatic N) is 2. The third-order valence-electron chi connectivity index (χ3n) is 4.94. The molecular formula is C21H33N3O3S. The fraction of sp³-hybridized carbons (Fsp3) is 0.571. The SMILES string of the molecule is CCCCC[C@H](C)NC(=O)CN1CCN(S(=O)(=O)/C=C/c2ccccc2)CC1. The van der Waals surface area contributed by atoms with Crippen LogP contribution in [0.15, 0.2) is 35.7 Å². The molecule has 0 radical (unpaired) electrons. The third kappa shape index (κ3) is 7.73. The van der Waals surface area contributed by atoms with E-state index >= 15 is 0 Å². The Bertz CT molecular complexity index is 727. The van der Waals surface area contributed by atoms with Gasteiger partial charge in [0.15, 0.2) is 0 Å². The summed E-state index contributed by atoms with van der Waals surface area (Å²) < 4.78 is 26.5. The zero-order valence-corrected chi connectivity index (χ0v) is 17.8. The Labute approximate surface area is 169 Å². The predicted octanol–water partition coefficient (Wildman–Crippen LogP) is 2.69. The van der Waals surface area contributed by atoms with E-state index < -0.39 is 10.0 Å². The summed E-state index contributed by atoms with van der Waals surface area (Å²) in [5.74, 6) is 0.0179. The van der Waals surface area contributed by atoms with Gasteiger partial charge in [-0.15, -0.1) is 0 Å². The van der Waals surface area contributed by atoms with Crippen molar-refractivity contribution in [2.24, 2.45) is 0 Å². The lowest BCUT2D eigenvalue weighted by Gasteiger charge is -2.33.